The van der Waals surface area contributed by atoms with Crippen LogP contribution in [0.1, 0.15) is 90.4 Å². The highest BCUT2D eigenvalue weighted by atomic mass is 19.4. The van der Waals surface area contributed by atoms with Gasteiger partial charge in [-0.2, -0.15) is 18.3 Å². The minimum atomic E-state index is -4.70. The Kier molecular flexibility index (Phi) is 7.30. The van der Waals surface area contributed by atoms with Crippen molar-refractivity contribution in [3.05, 3.63) is 94.4 Å². The zero-order chi connectivity index (χ0) is 30.6. The molecule has 0 aliphatic heterocycles. The molecule has 2 aliphatic carbocycles. The van der Waals surface area contributed by atoms with E-state index in [0.717, 1.165) is 31.2 Å². The van der Waals surface area contributed by atoms with Crippen LogP contribution in [0, 0.1) is 24.1 Å². The molecule has 1 atom stereocenters. The Morgan fingerprint density at radius 2 is 1.84 bits per heavy atom. The summed E-state index contributed by atoms with van der Waals surface area (Å²) in [6.07, 6.45) is 4.15. The fourth-order valence-corrected chi connectivity index (χ4v) is 5.55. The summed E-state index contributed by atoms with van der Waals surface area (Å²) in [7, 11) is 0. The number of rotatable bonds is 9. The van der Waals surface area contributed by atoms with Crippen LogP contribution >= 0.6 is 0 Å². The first-order valence-corrected chi connectivity index (χ1v) is 14.6. The summed E-state index contributed by atoms with van der Waals surface area (Å²) in [4.78, 5) is 13.8. The number of nitrogens with one attached hydrogen (secondary N) is 2. The van der Waals surface area contributed by atoms with Crippen LogP contribution in [0.4, 0.5) is 17.6 Å². The molecular formula is C32H34F4N6O. The van der Waals surface area contributed by atoms with Crippen molar-refractivity contribution in [2.45, 2.75) is 77.3 Å². The zero-order valence-corrected chi connectivity index (χ0v) is 24.3. The Hall–Kier alpha value is -4.15. The molecule has 1 amide bonds. The van der Waals surface area contributed by atoms with Crippen LogP contribution in [0.3, 0.4) is 0 Å². The molecule has 0 spiro atoms. The molecule has 0 unspecified atom stereocenters. The van der Waals surface area contributed by atoms with E-state index < -0.39 is 17.8 Å². The van der Waals surface area contributed by atoms with Gasteiger partial charge in [0.05, 0.1) is 12.6 Å². The van der Waals surface area contributed by atoms with Crippen molar-refractivity contribution in [3.8, 4) is 11.1 Å². The largest absolute Gasteiger partial charge is 0.435 e. The molecule has 0 radical (unpaired) electrons. The van der Waals surface area contributed by atoms with Crippen LogP contribution in [0.15, 0.2) is 55.0 Å². The molecule has 0 saturated heterocycles. The normalized spacial score (nSPS) is 16.1. The van der Waals surface area contributed by atoms with Crippen molar-refractivity contribution in [1.29, 1.82) is 5.41 Å². The van der Waals surface area contributed by atoms with Gasteiger partial charge in [-0.1, -0.05) is 12.1 Å². The Morgan fingerprint density at radius 1 is 1.09 bits per heavy atom. The molecule has 2 saturated carbocycles. The van der Waals surface area contributed by atoms with Gasteiger partial charge in [0.25, 0.3) is 5.91 Å². The van der Waals surface area contributed by atoms with Gasteiger partial charge in [0, 0.05) is 41.8 Å². The monoisotopic (exact) mass is 594 g/mol. The molecule has 2 aliphatic rings. The zero-order valence-electron chi connectivity index (χ0n) is 24.3. The number of hydrogen-bond donors (Lipinski definition) is 2. The van der Waals surface area contributed by atoms with Crippen molar-refractivity contribution in [3.63, 3.8) is 0 Å². The summed E-state index contributed by atoms with van der Waals surface area (Å²) in [5, 5.41) is 15.5. The topological polar surface area (TPSA) is 80.6 Å². The highest BCUT2D eigenvalue weighted by Gasteiger charge is 2.38. The molecule has 4 aromatic rings. The first-order chi connectivity index (χ1) is 20.4. The van der Waals surface area contributed by atoms with Crippen molar-refractivity contribution in [2.24, 2.45) is 5.92 Å². The quantitative estimate of drug-likeness (QED) is 0.206. The number of carbonyl (C=O) groups is 1. The number of benzene rings is 2. The first-order valence-electron chi connectivity index (χ1n) is 14.6. The fourth-order valence-electron chi connectivity index (χ4n) is 5.55. The molecule has 7 nitrogen and oxygen atoms in total. The van der Waals surface area contributed by atoms with E-state index in [2.05, 4.69) is 10.4 Å². The third-order valence-corrected chi connectivity index (χ3v) is 8.23. The Bertz CT molecular complexity index is 1740. The molecule has 2 N–H and O–H groups in total. The standard InChI is InChI=1S/C32H34F4N6O/c1-18(2)42-17-26(29(39-42)32(34,35)36)23-13-20(16-40-10-11-41(31(40)37)25-7-8-25)14-24(15-23)30(43)38-28(21-4-5-21)22-6-9-27(33)19(3)12-22/h6,9-15,17-18,21,25,28,37H,4-5,7-8,16H2,1-3H3,(H,38,43)/t28-/m0/s1. The molecule has 43 heavy (non-hydrogen) atoms. The predicted octanol–water partition coefficient (Wildman–Crippen LogP) is 6.94. The van der Waals surface area contributed by atoms with Crippen LogP contribution in [-0.2, 0) is 12.7 Å². The van der Waals surface area contributed by atoms with Crippen LogP contribution in [-0.4, -0.2) is 24.8 Å². The van der Waals surface area contributed by atoms with Gasteiger partial charge in [0.15, 0.2) is 5.69 Å². The van der Waals surface area contributed by atoms with E-state index in [0.29, 0.717) is 22.8 Å². The number of alkyl halides is 3. The number of nitrogens with zero attached hydrogens (tertiary/aromatic N) is 4. The SMILES string of the molecule is Cc1cc([C@@H](NC(=O)c2cc(Cn3ccn(C4CC4)c3=N)cc(-c3cn(C(C)C)nc3C(F)(F)F)c2)C2CC2)ccc1F. The van der Waals surface area contributed by atoms with E-state index in [1.54, 1.807) is 55.8 Å². The molecule has 11 heteroatoms. The molecule has 226 valence electrons. The van der Waals surface area contributed by atoms with Crippen LogP contribution < -0.4 is 10.9 Å². The maximum Gasteiger partial charge on any atom is 0.435 e. The van der Waals surface area contributed by atoms with E-state index in [1.807, 2.05) is 10.8 Å². The van der Waals surface area contributed by atoms with Gasteiger partial charge >= 0.3 is 6.18 Å². The van der Waals surface area contributed by atoms with Gasteiger partial charge < -0.3 is 14.5 Å². The van der Waals surface area contributed by atoms with Gasteiger partial charge in [-0.3, -0.25) is 14.9 Å². The average molecular weight is 595 g/mol. The van der Waals surface area contributed by atoms with Crippen LogP contribution in [0.25, 0.3) is 11.1 Å². The molecule has 6 rings (SSSR count). The summed E-state index contributed by atoms with van der Waals surface area (Å²) >= 11 is 0. The summed E-state index contributed by atoms with van der Waals surface area (Å²) in [6, 6.07) is 9.20. The van der Waals surface area contributed by atoms with Gasteiger partial charge in [-0.25, -0.2) is 4.39 Å². The van der Waals surface area contributed by atoms with Crippen molar-refractivity contribution >= 4 is 5.91 Å². The number of hydrogen-bond acceptors (Lipinski definition) is 3. The minimum absolute atomic E-state index is 0.114. The maximum absolute atomic E-state index is 14.2. The molecular weight excluding hydrogens is 560 g/mol. The molecule has 2 aromatic heterocycles. The number of imidazole rings is 1. The van der Waals surface area contributed by atoms with E-state index >= 15 is 0 Å². The van der Waals surface area contributed by atoms with Gasteiger partial charge in [0.1, 0.15) is 5.82 Å². The summed E-state index contributed by atoms with van der Waals surface area (Å²) in [5.41, 5.74) is 1.44. The van der Waals surface area contributed by atoms with Crippen molar-refractivity contribution < 1.29 is 22.4 Å². The van der Waals surface area contributed by atoms with Gasteiger partial charge in [-0.15, -0.1) is 0 Å². The molecule has 2 heterocycles. The highest BCUT2D eigenvalue weighted by molar-refractivity contribution is 5.96. The molecule has 2 fully saturated rings. The second-order valence-electron chi connectivity index (χ2n) is 12.1. The lowest BCUT2D eigenvalue weighted by atomic mass is 9.97. The summed E-state index contributed by atoms with van der Waals surface area (Å²) in [6.45, 7) is 5.37. The smallest absolute Gasteiger partial charge is 0.345 e. The van der Waals surface area contributed by atoms with Gasteiger partial charge in [-0.05, 0) is 98.9 Å². The van der Waals surface area contributed by atoms with Crippen LogP contribution in [0.2, 0.25) is 0 Å². The lowest BCUT2D eigenvalue weighted by Gasteiger charge is -2.20. The Balaban J connectivity index is 1.41. The first kappa shape index (κ1) is 28.9. The third-order valence-electron chi connectivity index (χ3n) is 8.23. The number of aryl methyl sites for hydroxylation is 1. The second kappa shape index (κ2) is 10.8. The fraction of sp³-hybridized carbons (Fsp3) is 0.406. The maximum atomic E-state index is 14.2. The van der Waals surface area contributed by atoms with E-state index in [-0.39, 0.29) is 47.1 Å². The second-order valence-corrected chi connectivity index (χ2v) is 12.1. The lowest BCUT2D eigenvalue weighted by molar-refractivity contribution is -0.141. The van der Waals surface area contributed by atoms with Crippen LogP contribution in [0.5, 0.6) is 0 Å². The molecule has 2 aromatic carbocycles. The number of halogens is 4. The van der Waals surface area contributed by atoms with Crippen molar-refractivity contribution in [2.75, 3.05) is 0 Å². The summed E-state index contributed by atoms with van der Waals surface area (Å²) < 4.78 is 61.3. The van der Waals surface area contributed by atoms with E-state index in [9.17, 15) is 22.4 Å². The molecule has 0 bridgehead atoms. The Morgan fingerprint density at radius 3 is 2.47 bits per heavy atom. The average Bonchev–Trinajstić information content (AvgIpc) is 3.89. The minimum Gasteiger partial charge on any atom is -0.345 e. The van der Waals surface area contributed by atoms with Crippen molar-refractivity contribution in [1.82, 2.24) is 24.2 Å². The number of carbonyl (C=O) groups excluding carboxylic acids is 1. The number of aromatic nitrogens is 4. The van der Waals surface area contributed by atoms with Gasteiger partial charge in [0.2, 0.25) is 5.62 Å². The summed E-state index contributed by atoms with van der Waals surface area (Å²) in [5.74, 6) is -0.564. The number of amides is 1. The van der Waals surface area contributed by atoms with E-state index in [4.69, 9.17) is 5.41 Å². The third kappa shape index (κ3) is 6.03. The Labute approximate surface area is 246 Å². The highest BCUT2D eigenvalue weighted by Crippen LogP contribution is 2.42. The predicted molar refractivity (Wildman–Crippen MR) is 153 cm³/mol. The lowest BCUT2D eigenvalue weighted by Crippen LogP contribution is -2.30. The van der Waals surface area contributed by atoms with E-state index in [1.165, 1.54) is 23.0 Å².